The van der Waals surface area contributed by atoms with Crippen LogP contribution in [-0.4, -0.2) is 16.7 Å². The summed E-state index contributed by atoms with van der Waals surface area (Å²) >= 11 is 0. The standard InChI is InChI=1S/C24H22N2O2/c1-27-20-13-15-21(16-14-20)28-18-24-25-22-11-5-6-12-23(22)26(24)17-7-10-19-8-3-2-4-9-19/h2-16H,17-18H2,1H3/b10-7+. The van der Waals surface area contributed by atoms with Crippen molar-refractivity contribution in [3.63, 3.8) is 0 Å². The van der Waals surface area contributed by atoms with Crippen LogP contribution in [0.5, 0.6) is 11.5 Å². The van der Waals surface area contributed by atoms with E-state index in [1.165, 1.54) is 5.56 Å². The number of hydrogen-bond donors (Lipinski definition) is 0. The van der Waals surface area contributed by atoms with Crippen LogP contribution in [0.25, 0.3) is 17.1 Å². The van der Waals surface area contributed by atoms with Gasteiger partial charge < -0.3 is 14.0 Å². The fraction of sp³-hybridized carbons (Fsp3) is 0.125. The van der Waals surface area contributed by atoms with Crippen molar-refractivity contribution in [3.05, 3.63) is 96.3 Å². The number of methoxy groups -OCH3 is 1. The third kappa shape index (κ3) is 4.07. The van der Waals surface area contributed by atoms with E-state index in [1.54, 1.807) is 7.11 Å². The highest BCUT2D eigenvalue weighted by Gasteiger charge is 2.10. The zero-order chi connectivity index (χ0) is 19.2. The predicted molar refractivity (Wildman–Crippen MR) is 113 cm³/mol. The van der Waals surface area contributed by atoms with Crippen molar-refractivity contribution in [2.24, 2.45) is 0 Å². The number of para-hydroxylation sites is 2. The van der Waals surface area contributed by atoms with E-state index in [9.17, 15) is 0 Å². The first-order valence-corrected chi connectivity index (χ1v) is 9.26. The van der Waals surface area contributed by atoms with Gasteiger partial charge in [-0.1, -0.05) is 54.6 Å². The van der Waals surface area contributed by atoms with Crippen LogP contribution in [0.15, 0.2) is 84.9 Å². The Hall–Kier alpha value is -3.53. The Morgan fingerprint density at radius 2 is 1.57 bits per heavy atom. The summed E-state index contributed by atoms with van der Waals surface area (Å²) in [6.45, 7) is 1.14. The fourth-order valence-corrected chi connectivity index (χ4v) is 3.12. The SMILES string of the molecule is COc1ccc(OCc2nc3ccccc3n2C/C=C/c2ccccc2)cc1. The number of aromatic nitrogens is 2. The molecule has 140 valence electrons. The highest BCUT2D eigenvalue weighted by atomic mass is 16.5. The number of rotatable bonds is 7. The van der Waals surface area contributed by atoms with Crippen molar-refractivity contribution in [3.8, 4) is 11.5 Å². The maximum absolute atomic E-state index is 5.96. The third-order valence-electron chi connectivity index (χ3n) is 4.56. The first-order chi connectivity index (χ1) is 13.8. The summed E-state index contributed by atoms with van der Waals surface area (Å²) in [7, 11) is 1.65. The fourth-order valence-electron chi connectivity index (χ4n) is 3.12. The normalized spacial score (nSPS) is 11.2. The van der Waals surface area contributed by atoms with Crippen LogP contribution in [-0.2, 0) is 13.2 Å². The molecule has 0 aliphatic carbocycles. The molecular weight excluding hydrogens is 348 g/mol. The van der Waals surface area contributed by atoms with E-state index in [0.29, 0.717) is 6.61 Å². The molecule has 0 aliphatic rings. The van der Waals surface area contributed by atoms with Gasteiger partial charge in [-0.05, 0) is 42.0 Å². The van der Waals surface area contributed by atoms with Crippen LogP contribution < -0.4 is 9.47 Å². The number of allylic oxidation sites excluding steroid dienone is 1. The van der Waals surface area contributed by atoms with E-state index in [-0.39, 0.29) is 0 Å². The highest BCUT2D eigenvalue weighted by Crippen LogP contribution is 2.21. The molecule has 0 unspecified atom stereocenters. The molecule has 0 spiro atoms. The lowest BCUT2D eigenvalue weighted by molar-refractivity contribution is 0.291. The Balaban J connectivity index is 1.55. The van der Waals surface area contributed by atoms with Crippen LogP contribution in [0, 0.1) is 0 Å². The lowest BCUT2D eigenvalue weighted by Crippen LogP contribution is -2.06. The Morgan fingerprint density at radius 3 is 2.36 bits per heavy atom. The average molecular weight is 370 g/mol. The monoisotopic (exact) mass is 370 g/mol. The van der Waals surface area contributed by atoms with E-state index in [1.807, 2.05) is 60.7 Å². The van der Waals surface area contributed by atoms with E-state index in [4.69, 9.17) is 14.5 Å². The highest BCUT2D eigenvalue weighted by molar-refractivity contribution is 5.76. The lowest BCUT2D eigenvalue weighted by Gasteiger charge is -2.09. The molecule has 0 saturated heterocycles. The number of nitrogens with zero attached hydrogens (tertiary/aromatic N) is 2. The van der Waals surface area contributed by atoms with Gasteiger partial charge in [-0.3, -0.25) is 0 Å². The maximum Gasteiger partial charge on any atom is 0.148 e. The second-order valence-electron chi connectivity index (χ2n) is 6.40. The maximum atomic E-state index is 5.96. The molecule has 4 nitrogen and oxygen atoms in total. The second kappa shape index (κ2) is 8.44. The zero-order valence-corrected chi connectivity index (χ0v) is 15.8. The molecule has 4 heteroatoms. The van der Waals surface area contributed by atoms with E-state index < -0.39 is 0 Å². The number of hydrogen-bond acceptors (Lipinski definition) is 3. The van der Waals surface area contributed by atoms with Crippen LogP contribution in [0.2, 0.25) is 0 Å². The molecule has 3 aromatic carbocycles. The number of fused-ring (bicyclic) bond motifs is 1. The van der Waals surface area contributed by atoms with Gasteiger partial charge in [-0.25, -0.2) is 4.98 Å². The molecular formula is C24H22N2O2. The molecule has 28 heavy (non-hydrogen) atoms. The summed E-state index contributed by atoms with van der Waals surface area (Å²) < 4.78 is 13.3. The number of benzene rings is 3. The van der Waals surface area contributed by atoms with Crippen LogP contribution in [0.4, 0.5) is 0 Å². The molecule has 4 aromatic rings. The molecule has 0 radical (unpaired) electrons. The molecule has 1 aromatic heterocycles. The van der Waals surface area contributed by atoms with Crippen molar-refractivity contribution >= 4 is 17.1 Å². The number of ether oxygens (including phenoxy) is 2. The van der Waals surface area contributed by atoms with Crippen LogP contribution in [0.3, 0.4) is 0 Å². The number of imidazole rings is 1. The first-order valence-electron chi connectivity index (χ1n) is 9.26. The molecule has 0 amide bonds. The Bertz CT molecular complexity index is 1070. The van der Waals surface area contributed by atoms with Gasteiger partial charge in [0.2, 0.25) is 0 Å². The molecule has 0 fully saturated rings. The first kappa shape index (κ1) is 17.9. The molecule has 0 N–H and O–H groups in total. The molecule has 4 rings (SSSR count). The van der Waals surface area contributed by atoms with Gasteiger partial charge in [0.05, 0.1) is 18.1 Å². The summed E-state index contributed by atoms with van der Waals surface area (Å²) in [5.74, 6) is 2.50. The molecule has 0 atom stereocenters. The Morgan fingerprint density at radius 1 is 0.857 bits per heavy atom. The second-order valence-corrected chi connectivity index (χ2v) is 6.40. The molecule has 0 bridgehead atoms. The van der Waals surface area contributed by atoms with Gasteiger partial charge in [-0.2, -0.15) is 0 Å². The third-order valence-corrected chi connectivity index (χ3v) is 4.56. The molecule has 0 aliphatic heterocycles. The van der Waals surface area contributed by atoms with Crippen molar-refractivity contribution in [1.82, 2.24) is 9.55 Å². The minimum absolute atomic E-state index is 0.403. The molecule has 0 saturated carbocycles. The topological polar surface area (TPSA) is 36.3 Å². The summed E-state index contributed by atoms with van der Waals surface area (Å²) in [5, 5.41) is 0. The van der Waals surface area contributed by atoms with Crippen molar-refractivity contribution in [2.45, 2.75) is 13.2 Å². The van der Waals surface area contributed by atoms with Gasteiger partial charge in [-0.15, -0.1) is 0 Å². The van der Waals surface area contributed by atoms with Crippen LogP contribution >= 0.6 is 0 Å². The predicted octanol–water partition coefficient (Wildman–Crippen LogP) is 5.34. The summed E-state index contributed by atoms with van der Waals surface area (Å²) in [5.41, 5.74) is 3.26. The summed E-state index contributed by atoms with van der Waals surface area (Å²) in [4.78, 5) is 4.77. The van der Waals surface area contributed by atoms with Crippen molar-refractivity contribution < 1.29 is 9.47 Å². The minimum atomic E-state index is 0.403. The quantitative estimate of drug-likeness (QED) is 0.441. The van der Waals surface area contributed by atoms with Gasteiger partial charge in [0, 0.05) is 6.54 Å². The van der Waals surface area contributed by atoms with E-state index in [2.05, 4.69) is 34.9 Å². The summed E-state index contributed by atoms with van der Waals surface area (Å²) in [6, 6.07) is 26.1. The smallest absolute Gasteiger partial charge is 0.148 e. The molecule has 1 heterocycles. The van der Waals surface area contributed by atoms with E-state index in [0.717, 1.165) is 34.9 Å². The minimum Gasteiger partial charge on any atom is -0.497 e. The lowest BCUT2D eigenvalue weighted by atomic mass is 10.2. The summed E-state index contributed by atoms with van der Waals surface area (Å²) in [6.07, 6.45) is 4.28. The van der Waals surface area contributed by atoms with Gasteiger partial charge in [0.1, 0.15) is 23.9 Å². The Labute approximate surface area is 164 Å². The Kier molecular flexibility index (Phi) is 5.38. The van der Waals surface area contributed by atoms with E-state index >= 15 is 0 Å². The average Bonchev–Trinajstić information content (AvgIpc) is 3.11. The largest absolute Gasteiger partial charge is 0.497 e. The van der Waals surface area contributed by atoms with Crippen LogP contribution in [0.1, 0.15) is 11.4 Å². The van der Waals surface area contributed by atoms with Gasteiger partial charge >= 0.3 is 0 Å². The van der Waals surface area contributed by atoms with Gasteiger partial charge in [0.25, 0.3) is 0 Å². The van der Waals surface area contributed by atoms with Gasteiger partial charge in [0.15, 0.2) is 0 Å². The van der Waals surface area contributed by atoms with Crippen molar-refractivity contribution in [1.29, 1.82) is 0 Å². The zero-order valence-electron chi connectivity index (χ0n) is 15.8. The van der Waals surface area contributed by atoms with Crippen molar-refractivity contribution in [2.75, 3.05) is 7.11 Å².